The second kappa shape index (κ2) is 10.9. The number of nitrogens with zero attached hydrogens (tertiary/aromatic N) is 3. The van der Waals surface area contributed by atoms with E-state index in [1.54, 1.807) is 25.3 Å². The molecule has 7 nitrogen and oxygen atoms in total. The van der Waals surface area contributed by atoms with Crippen molar-refractivity contribution in [3.63, 3.8) is 0 Å². The first kappa shape index (κ1) is 22.8. The van der Waals surface area contributed by atoms with Crippen LogP contribution in [0.25, 0.3) is 11.1 Å². The van der Waals surface area contributed by atoms with Crippen LogP contribution in [0.5, 0.6) is 5.75 Å². The Morgan fingerprint density at radius 3 is 2.74 bits per heavy atom. The summed E-state index contributed by atoms with van der Waals surface area (Å²) in [5.41, 5.74) is 4.82. The van der Waals surface area contributed by atoms with E-state index in [-0.39, 0.29) is 6.03 Å². The molecule has 0 saturated heterocycles. The summed E-state index contributed by atoms with van der Waals surface area (Å²) < 4.78 is 5.28. The first-order valence-electron chi connectivity index (χ1n) is 10.1. The Balaban J connectivity index is 1.78. The summed E-state index contributed by atoms with van der Waals surface area (Å²) in [4.78, 5) is 16.8. The van der Waals surface area contributed by atoms with Gasteiger partial charge >= 0.3 is 163 Å². The molecule has 0 spiro atoms. The SMILES string of the molecule is COc1cccc(CN(C)C(=O)Nc2ccc(-c3cn[nH]c3)cc2N(C)CCC[As])c1. The average molecular weight is 481 g/mol. The van der Waals surface area contributed by atoms with E-state index in [9.17, 15) is 4.79 Å². The number of methoxy groups -OCH3 is 1. The van der Waals surface area contributed by atoms with Gasteiger partial charge in [-0.1, -0.05) is 6.07 Å². The minimum absolute atomic E-state index is 0.166. The second-order valence-electron chi connectivity index (χ2n) is 7.36. The number of H-pyrrole nitrogens is 1. The number of aromatic amines is 1. The van der Waals surface area contributed by atoms with Gasteiger partial charge in [0.25, 0.3) is 0 Å². The Labute approximate surface area is 192 Å². The van der Waals surface area contributed by atoms with Gasteiger partial charge in [-0.05, 0) is 6.07 Å². The average Bonchev–Trinajstić information content (AvgIpc) is 3.32. The summed E-state index contributed by atoms with van der Waals surface area (Å²) in [5, 5.41) is 11.0. The molecular weight excluding hydrogens is 453 g/mol. The molecule has 1 aromatic heterocycles. The first-order chi connectivity index (χ1) is 15.0. The van der Waals surface area contributed by atoms with Gasteiger partial charge in [0.05, 0.1) is 7.11 Å². The Morgan fingerprint density at radius 1 is 1.19 bits per heavy atom. The third-order valence-corrected chi connectivity index (χ3v) is 5.70. The molecule has 0 fully saturated rings. The van der Waals surface area contributed by atoms with Crippen molar-refractivity contribution >= 4 is 34.3 Å². The number of aromatic nitrogens is 2. The van der Waals surface area contributed by atoms with Crippen LogP contribution in [0.15, 0.2) is 54.9 Å². The fourth-order valence-corrected chi connectivity index (χ4v) is 3.59. The number of amides is 2. The van der Waals surface area contributed by atoms with Crippen LogP contribution >= 0.6 is 0 Å². The maximum atomic E-state index is 12.9. The molecule has 0 aliphatic heterocycles. The predicted octanol–water partition coefficient (Wildman–Crippen LogP) is 4.16. The van der Waals surface area contributed by atoms with Crippen molar-refractivity contribution in [2.75, 3.05) is 38.0 Å². The molecule has 162 valence electrons. The molecular formula is C23H28AsN5O2. The molecule has 0 atom stereocenters. The summed E-state index contributed by atoms with van der Waals surface area (Å²) >= 11 is 2.61. The van der Waals surface area contributed by atoms with Crippen LogP contribution in [0.2, 0.25) is 5.21 Å². The number of benzene rings is 2. The molecule has 2 N–H and O–H groups in total. The van der Waals surface area contributed by atoms with Crippen LogP contribution in [0.3, 0.4) is 0 Å². The van der Waals surface area contributed by atoms with Crippen molar-refractivity contribution in [2.45, 2.75) is 18.2 Å². The van der Waals surface area contributed by atoms with Crippen molar-refractivity contribution in [1.29, 1.82) is 0 Å². The first-order valence-corrected chi connectivity index (χ1v) is 11.4. The van der Waals surface area contributed by atoms with Crippen LogP contribution < -0.4 is 15.0 Å². The summed E-state index contributed by atoms with van der Waals surface area (Å²) in [7, 11) is 5.47. The number of ether oxygens (including phenoxy) is 1. The Hall–Kier alpha value is -2.92. The molecule has 2 amide bonds. The number of carbonyl (C=O) groups is 1. The van der Waals surface area contributed by atoms with Gasteiger partial charge in [-0.3, -0.25) is 0 Å². The molecule has 3 aromatic rings. The van der Waals surface area contributed by atoms with Crippen LogP contribution in [0.1, 0.15) is 12.0 Å². The topological polar surface area (TPSA) is 73.5 Å². The number of hydrogen-bond donors (Lipinski definition) is 2. The van der Waals surface area contributed by atoms with Gasteiger partial charge in [-0.2, -0.15) is 0 Å². The quantitative estimate of drug-likeness (QED) is 0.450. The number of urea groups is 1. The van der Waals surface area contributed by atoms with Crippen LogP contribution in [-0.2, 0) is 6.54 Å². The molecule has 3 rings (SSSR count). The maximum absolute atomic E-state index is 12.9. The van der Waals surface area contributed by atoms with Crippen LogP contribution in [0, 0.1) is 0 Å². The molecule has 0 saturated carbocycles. The molecule has 0 unspecified atom stereocenters. The zero-order valence-corrected chi connectivity index (χ0v) is 20.0. The van der Waals surface area contributed by atoms with E-state index >= 15 is 0 Å². The zero-order valence-electron chi connectivity index (χ0n) is 18.1. The van der Waals surface area contributed by atoms with Gasteiger partial charge in [0.2, 0.25) is 0 Å². The predicted molar refractivity (Wildman–Crippen MR) is 126 cm³/mol. The number of anilines is 2. The molecule has 0 aliphatic rings. The van der Waals surface area contributed by atoms with Crippen molar-refractivity contribution in [3.05, 3.63) is 60.4 Å². The van der Waals surface area contributed by atoms with Crippen molar-refractivity contribution < 1.29 is 9.53 Å². The standard InChI is InChI=1S/C23H28AsN5O2/c1-28(11-5-10-24)22-13-18(19-14-25-26-15-19)8-9-21(22)27-23(30)29(2)16-17-6-4-7-20(12-17)31-3/h4,6-9,12-15H,5,10-11,16H2,1-3H3,(H,25,26)(H,27,30). The van der Waals surface area contributed by atoms with Crippen LogP contribution in [0.4, 0.5) is 16.2 Å². The van der Waals surface area contributed by atoms with E-state index in [2.05, 4.69) is 43.3 Å². The molecule has 31 heavy (non-hydrogen) atoms. The molecule has 2 radical (unpaired) electrons. The van der Waals surface area contributed by atoms with E-state index in [0.717, 1.165) is 52.0 Å². The van der Waals surface area contributed by atoms with E-state index < -0.39 is 0 Å². The van der Waals surface area contributed by atoms with Gasteiger partial charge < -0.3 is 4.74 Å². The number of nitrogens with one attached hydrogen (secondary N) is 2. The summed E-state index contributed by atoms with van der Waals surface area (Å²) in [6.07, 6.45) is 4.71. The zero-order chi connectivity index (χ0) is 22.2. The van der Waals surface area contributed by atoms with E-state index in [0.29, 0.717) is 6.54 Å². The van der Waals surface area contributed by atoms with E-state index in [1.807, 2.05) is 49.6 Å². The summed E-state index contributed by atoms with van der Waals surface area (Å²) in [6.45, 7) is 1.38. The monoisotopic (exact) mass is 481 g/mol. The summed E-state index contributed by atoms with van der Waals surface area (Å²) in [5.74, 6) is 0.777. The Kier molecular flexibility index (Phi) is 8.01. The molecule has 2 aromatic carbocycles. The minimum atomic E-state index is -0.166. The van der Waals surface area contributed by atoms with Gasteiger partial charge in [-0.15, -0.1) is 0 Å². The fraction of sp³-hybridized carbons (Fsp3) is 0.304. The second-order valence-corrected chi connectivity index (χ2v) is 8.29. The molecule has 0 bridgehead atoms. The van der Waals surface area contributed by atoms with Crippen molar-refractivity contribution in [3.8, 4) is 16.9 Å². The van der Waals surface area contributed by atoms with Gasteiger partial charge in [0.1, 0.15) is 5.75 Å². The molecule has 1 heterocycles. The summed E-state index contributed by atoms with van der Waals surface area (Å²) in [6, 6.07) is 13.6. The third kappa shape index (κ3) is 6.04. The van der Waals surface area contributed by atoms with Gasteiger partial charge in [-0.25, -0.2) is 0 Å². The van der Waals surface area contributed by atoms with Gasteiger partial charge in [0.15, 0.2) is 0 Å². The Bertz CT molecular complexity index is 993. The van der Waals surface area contributed by atoms with Crippen LogP contribution in [-0.4, -0.2) is 65.7 Å². The number of carbonyl (C=O) groups excluding carboxylic acids is 1. The molecule has 8 heteroatoms. The number of rotatable bonds is 9. The van der Waals surface area contributed by atoms with E-state index in [1.165, 1.54) is 0 Å². The van der Waals surface area contributed by atoms with Gasteiger partial charge in [0, 0.05) is 0 Å². The number of hydrogen-bond acceptors (Lipinski definition) is 4. The normalized spacial score (nSPS) is 10.6. The van der Waals surface area contributed by atoms with Crippen molar-refractivity contribution in [1.82, 2.24) is 15.1 Å². The van der Waals surface area contributed by atoms with E-state index in [4.69, 9.17) is 4.74 Å². The molecule has 0 aliphatic carbocycles. The van der Waals surface area contributed by atoms with Crippen molar-refractivity contribution in [2.24, 2.45) is 0 Å². The Morgan fingerprint density at radius 2 is 2.03 bits per heavy atom. The third-order valence-electron chi connectivity index (χ3n) is 5.03. The fourth-order valence-electron chi connectivity index (χ4n) is 3.30.